The normalized spacial score (nSPS) is 12.7. The van der Waals surface area contributed by atoms with Crippen molar-refractivity contribution in [1.29, 1.82) is 0 Å². The van der Waals surface area contributed by atoms with Crippen LogP contribution in [0.3, 0.4) is 0 Å². The van der Waals surface area contributed by atoms with Crippen LogP contribution in [0, 0.1) is 0 Å². The maximum Gasteiger partial charge on any atom is 0.303 e. The van der Waals surface area contributed by atoms with E-state index in [-0.39, 0.29) is 68.1 Å². The number of fused-ring (bicyclic) bond motifs is 2. The number of rotatable bonds is 17. The van der Waals surface area contributed by atoms with E-state index in [1.165, 1.54) is 4.90 Å². The number of hydrogen-bond acceptors (Lipinski definition) is 13. The first-order valence-corrected chi connectivity index (χ1v) is 24.7. The lowest BCUT2D eigenvalue weighted by atomic mass is 9.90. The molecule has 23 heteroatoms. The summed E-state index contributed by atoms with van der Waals surface area (Å²) in [5, 5.41) is 13.2. The van der Waals surface area contributed by atoms with Gasteiger partial charge in [0.05, 0.1) is 24.9 Å². The first-order chi connectivity index (χ1) is 29.9. The Morgan fingerprint density at radius 2 is 1.30 bits per heavy atom. The van der Waals surface area contributed by atoms with Crippen LogP contribution >= 0.6 is 0 Å². The van der Waals surface area contributed by atoms with Gasteiger partial charge in [-0.1, -0.05) is 30.3 Å². The lowest BCUT2D eigenvalue weighted by molar-refractivity contribution is -0.137. The van der Waals surface area contributed by atoms with E-state index >= 15 is 0 Å². The smallest absolute Gasteiger partial charge is 0.303 e. The number of aliphatic carboxylic acids is 1. The van der Waals surface area contributed by atoms with Gasteiger partial charge in [-0.3, -0.25) is 32.8 Å². The third-order valence-electron chi connectivity index (χ3n) is 9.99. The van der Waals surface area contributed by atoms with Crippen molar-refractivity contribution in [3.63, 3.8) is 0 Å². The first kappa shape index (κ1) is 47.4. The van der Waals surface area contributed by atoms with Gasteiger partial charge in [0.2, 0.25) is 0 Å². The van der Waals surface area contributed by atoms with Crippen LogP contribution in [0.15, 0.2) is 126 Å². The minimum absolute atomic E-state index is 0.0240. The largest absolute Gasteiger partial charge is 0.481 e. The number of nitrogens with one attached hydrogen (secondary N) is 1. The minimum Gasteiger partial charge on any atom is -0.481 e. The van der Waals surface area contributed by atoms with E-state index in [1.54, 1.807) is 67.7 Å². The summed E-state index contributed by atoms with van der Waals surface area (Å²) in [4.78, 5) is 28.1. The molecule has 338 valence electrons. The van der Waals surface area contributed by atoms with Crippen LogP contribution in [0.2, 0.25) is 0 Å². The highest BCUT2D eigenvalue weighted by Gasteiger charge is 2.25. The monoisotopic (exact) mass is 957 g/mol. The Morgan fingerprint density at radius 1 is 0.688 bits per heavy atom. The Labute approximate surface area is 367 Å². The zero-order valence-corrected chi connectivity index (χ0v) is 36.7. The van der Waals surface area contributed by atoms with Crippen LogP contribution in [0.4, 0.5) is 5.69 Å². The first-order valence-electron chi connectivity index (χ1n) is 18.9. The van der Waals surface area contributed by atoms with Crippen molar-refractivity contribution >= 4 is 69.0 Å². The van der Waals surface area contributed by atoms with Crippen LogP contribution in [-0.4, -0.2) is 100 Å². The van der Waals surface area contributed by atoms with Crippen molar-refractivity contribution in [2.45, 2.75) is 45.3 Å². The number of carboxylic acid groups (broad SMARTS) is 1. The Hall–Kier alpha value is -6.05. The Kier molecular flexibility index (Phi) is 13.8. The molecule has 0 fully saturated rings. The third kappa shape index (κ3) is 11.2. The SMILES string of the molecule is CN(CCCC(=O)O)C(=O)c1ccccc1-c1c2ccc(=NCCc3ccc(S(=O)(=O)O)cc3S(=O)(=O)O)cc-2oc2cc(NCCc3ccc(S(=O)(=O)O)cc3S(=O)(=O)O)ccc12. The van der Waals surface area contributed by atoms with Gasteiger partial charge in [-0.2, -0.15) is 33.7 Å². The summed E-state index contributed by atoms with van der Waals surface area (Å²) in [6.07, 6.45) is -0.0316. The van der Waals surface area contributed by atoms with E-state index in [9.17, 15) is 61.5 Å². The highest BCUT2D eigenvalue weighted by atomic mass is 32.2. The molecule has 2 aliphatic rings. The Morgan fingerprint density at radius 3 is 1.89 bits per heavy atom. The van der Waals surface area contributed by atoms with Gasteiger partial charge in [0, 0.05) is 73.0 Å². The van der Waals surface area contributed by atoms with Crippen molar-refractivity contribution in [2.75, 3.05) is 32.0 Å². The second-order valence-electron chi connectivity index (χ2n) is 14.4. The summed E-state index contributed by atoms with van der Waals surface area (Å²) in [6.45, 7) is 0.168. The zero-order valence-electron chi connectivity index (χ0n) is 33.4. The van der Waals surface area contributed by atoms with E-state index in [0.717, 1.165) is 24.3 Å². The van der Waals surface area contributed by atoms with E-state index in [1.807, 2.05) is 0 Å². The molecule has 64 heavy (non-hydrogen) atoms. The van der Waals surface area contributed by atoms with Gasteiger partial charge in [-0.05, 0) is 90.6 Å². The van der Waals surface area contributed by atoms with Gasteiger partial charge in [-0.25, -0.2) is 0 Å². The van der Waals surface area contributed by atoms with Crippen LogP contribution < -0.4 is 10.7 Å². The third-order valence-corrected chi connectivity index (χ3v) is 13.6. The molecule has 0 bridgehead atoms. The maximum atomic E-state index is 13.9. The highest BCUT2D eigenvalue weighted by molar-refractivity contribution is 7.87. The number of amides is 1. The van der Waals surface area contributed by atoms with E-state index in [4.69, 9.17) is 9.52 Å². The number of carbonyl (C=O) groups excluding carboxylic acids is 1. The summed E-state index contributed by atoms with van der Waals surface area (Å²) in [7, 11) is -17.8. The number of carboxylic acids is 1. The fraction of sp³-hybridized carbons (Fsp3) is 0.195. The van der Waals surface area contributed by atoms with E-state index in [0.29, 0.717) is 56.4 Å². The number of benzene rings is 5. The Balaban J connectivity index is 1.41. The number of hydrogen-bond donors (Lipinski definition) is 6. The van der Waals surface area contributed by atoms with Gasteiger partial charge in [-0.15, -0.1) is 0 Å². The van der Waals surface area contributed by atoms with Crippen molar-refractivity contribution in [2.24, 2.45) is 4.99 Å². The van der Waals surface area contributed by atoms with Crippen molar-refractivity contribution in [3.8, 4) is 22.5 Å². The minimum atomic E-state index is -4.90. The zero-order chi connectivity index (χ0) is 46.8. The lowest BCUT2D eigenvalue weighted by Crippen LogP contribution is -2.28. The second kappa shape index (κ2) is 18.6. The van der Waals surface area contributed by atoms with Crippen molar-refractivity contribution in [1.82, 2.24) is 4.90 Å². The predicted molar refractivity (Wildman–Crippen MR) is 231 cm³/mol. The van der Waals surface area contributed by atoms with E-state index < -0.39 is 66.0 Å². The summed E-state index contributed by atoms with van der Waals surface area (Å²) in [6, 6.07) is 22.4. The molecular weight excluding hydrogens is 919 g/mol. The quantitative estimate of drug-likeness (QED) is 0.0522. The van der Waals surface area contributed by atoms with E-state index in [2.05, 4.69) is 10.3 Å². The van der Waals surface area contributed by atoms with Crippen LogP contribution in [-0.2, 0) is 58.1 Å². The van der Waals surface area contributed by atoms with Crippen molar-refractivity contribution in [3.05, 3.63) is 119 Å². The molecule has 1 aliphatic heterocycles. The molecule has 0 saturated carbocycles. The molecule has 6 rings (SSSR count). The number of anilines is 1. The molecule has 4 aromatic carbocycles. The van der Waals surface area contributed by atoms with Gasteiger partial charge < -0.3 is 19.7 Å². The molecule has 0 aromatic heterocycles. The fourth-order valence-electron chi connectivity index (χ4n) is 6.97. The molecule has 1 heterocycles. The molecule has 0 atom stereocenters. The average Bonchev–Trinajstić information content (AvgIpc) is 3.21. The van der Waals surface area contributed by atoms with Gasteiger partial charge in [0.25, 0.3) is 46.4 Å². The van der Waals surface area contributed by atoms with Gasteiger partial charge in [0.1, 0.15) is 11.3 Å². The van der Waals surface area contributed by atoms with Crippen LogP contribution in [0.5, 0.6) is 0 Å². The standard InChI is InChI=1S/C41H39N3O16S4/c1-44(20-4-7-39(45)46)41(47)32-6-3-2-5-31(32)40-33-14-10-27(42-18-16-25-8-12-29(61(48,49)50)23-37(25)63(54,55)56)21-35(33)60-36-22-28(11-15-34(36)40)43-19-17-26-9-13-30(62(51,52)53)24-38(26)64(57,58)59/h2-3,5-6,8-15,21-24,42H,4,7,16-20H2,1H3,(H,45,46)(H,48,49,50)(H,51,52,53)(H,54,55,56)(H,57,58,59). The summed E-state index contributed by atoms with van der Waals surface area (Å²) < 4.78 is 140. The lowest BCUT2D eigenvalue weighted by Gasteiger charge is -2.21. The highest BCUT2D eigenvalue weighted by Crippen LogP contribution is 2.42. The molecule has 0 spiro atoms. The number of nitrogens with zero attached hydrogens (tertiary/aromatic N) is 2. The Bertz CT molecular complexity index is 3310. The molecule has 4 aromatic rings. The maximum absolute atomic E-state index is 13.9. The second-order valence-corrected chi connectivity index (χ2v) is 20.0. The molecule has 0 radical (unpaired) electrons. The molecule has 0 saturated heterocycles. The number of carbonyl (C=O) groups is 2. The molecular formula is C41H39N3O16S4. The molecule has 6 N–H and O–H groups in total. The average molecular weight is 958 g/mol. The molecule has 19 nitrogen and oxygen atoms in total. The van der Waals surface area contributed by atoms with Crippen molar-refractivity contribution < 1.29 is 71.0 Å². The molecule has 1 amide bonds. The van der Waals surface area contributed by atoms with Crippen LogP contribution in [0.1, 0.15) is 34.3 Å². The topological polar surface area (TPSA) is 313 Å². The predicted octanol–water partition coefficient (Wildman–Crippen LogP) is 4.93. The summed E-state index contributed by atoms with van der Waals surface area (Å²) in [5.74, 6) is -1.09. The molecule has 0 unspecified atom stereocenters. The fourth-order valence-corrected chi connectivity index (χ4v) is 9.69. The molecule has 1 aliphatic carbocycles. The summed E-state index contributed by atoms with van der Waals surface area (Å²) in [5.41, 5.74) is 2.77. The van der Waals surface area contributed by atoms with Gasteiger partial charge >= 0.3 is 5.97 Å². The van der Waals surface area contributed by atoms with Crippen LogP contribution in [0.25, 0.3) is 33.4 Å². The van der Waals surface area contributed by atoms with Gasteiger partial charge in [0.15, 0.2) is 0 Å². The summed E-state index contributed by atoms with van der Waals surface area (Å²) >= 11 is 0.